The number of nitrogen functional groups attached to an aromatic ring is 1. The summed E-state index contributed by atoms with van der Waals surface area (Å²) in [5.74, 6) is 0.326. The Bertz CT molecular complexity index is 1560. The molecule has 36 heavy (non-hydrogen) atoms. The van der Waals surface area contributed by atoms with E-state index in [1.165, 1.54) is 18.5 Å². The Morgan fingerprint density at radius 3 is 2.75 bits per heavy atom. The standard InChI is InChI=1S/C24H23ClN8O2S/c25-18-3-1-5-20(11-18)36(34,35)30-12-16-6-8-17(9-7-16)22-21-23(27)28-15-29-24(21)33(31-22)19-4-2-10-32(13-19)14-26/h1,3,5-9,11,15,19,30H,2,4,10,12-13H2,(H2,27,28,29)/t19-/m1/s1. The van der Waals surface area contributed by atoms with Crippen LogP contribution in [-0.4, -0.2) is 46.2 Å². The number of rotatable bonds is 6. The van der Waals surface area contributed by atoms with E-state index in [0.29, 0.717) is 34.1 Å². The third-order valence-electron chi connectivity index (χ3n) is 6.20. The zero-order chi connectivity index (χ0) is 25.3. The molecule has 4 aromatic rings. The van der Waals surface area contributed by atoms with Gasteiger partial charge in [0.05, 0.1) is 22.9 Å². The first-order valence-electron chi connectivity index (χ1n) is 11.3. The Kier molecular flexibility index (Phi) is 6.49. The first kappa shape index (κ1) is 24.0. The molecule has 0 radical (unpaired) electrons. The fraction of sp³-hybridized carbons (Fsp3) is 0.250. The van der Waals surface area contributed by atoms with Gasteiger partial charge in [0.2, 0.25) is 10.0 Å². The second-order valence-corrected chi connectivity index (χ2v) is 10.8. The maximum Gasteiger partial charge on any atom is 0.240 e. The molecule has 0 unspecified atom stereocenters. The van der Waals surface area contributed by atoms with Crippen LogP contribution in [0.4, 0.5) is 5.82 Å². The Morgan fingerprint density at radius 1 is 1.19 bits per heavy atom. The van der Waals surface area contributed by atoms with Gasteiger partial charge in [0, 0.05) is 23.7 Å². The predicted molar refractivity (Wildman–Crippen MR) is 136 cm³/mol. The van der Waals surface area contributed by atoms with Crippen molar-refractivity contribution < 1.29 is 8.42 Å². The fourth-order valence-electron chi connectivity index (χ4n) is 4.37. The number of anilines is 1. The minimum absolute atomic E-state index is 0.0101. The summed E-state index contributed by atoms with van der Waals surface area (Å²) in [4.78, 5) is 10.4. The molecule has 184 valence electrons. The minimum atomic E-state index is -3.70. The molecular formula is C24H23ClN8O2S. The van der Waals surface area contributed by atoms with E-state index in [1.807, 2.05) is 28.9 Å². The lowest BCUT2D eigenvalue weighted by Gasteiger charge is -2.28. The van der Waals surface area contributed by atoms with Gasteiger partial charge in [-0.3, -0.25) is 0 Å². The number of aromatic nitrogens is 4. The molecule has 2 aromatic heterocycles. The van der Waals surface area contributed by atoms with E-state index in [9.17, 15) is 13.7 Å². The molecule has 1 aliphatic heterocycles. The van der Waals surface area contributed by atoms with Crippen molar-refractivity contribution in [2.75, 3.05) is 18.8 Å². The molecule has 0 aliphatic carbocycles. The summed E-state index contributed by atoms with van der Waals surface area (Å²) in [6.45, 7) is 1.41. The molecular weight excluding hydrogens is 500 g/mol. The minimum Gasteiger partial charge on any atom is -0.383 e. The molecule has 1 aliphatic rings. The van der Waals surface area contributed by atoms with E-state index in [0.717, 1.165) is 30.5 Å². The zero-order valence-corrected chi connectivity index (χ0v) is 20.7. The molecule has 3 heterocycles. The van der Waals surface area contributed by atoms with Crippen LogP contribution in [0.2, 0.25) is 5.02 Å². The first-order valence-corrected chi connectivity index (χ1v) is 13.2. The number of piperidine rings is 1. The van der Waals surface area contributed by atoms with Crippen molar-refractivity contribution in [1.29, 1.82) is 5.26 Å². The van der Waals surface area contributed by atoms with Crippen LogP contribution in [0, 0.1) is 11.5 Å². The lowest BCUT2D eigenvalue weighted by Crippen LogP contribution is -2.33. The SMILES string of the molecule is N#CN1CCC[C@@H](n2nc(-c3ccc(CNS(=O)(=O)c4cccc(Cl)c4)cc3)c3c(N)ncnc32)C1. The molecule has 1 atom stereocenters. The van der Waals surface area contributed by atoms with Crippen LogP contribution in [0.15, 0.2) is 59.8 Å². The van der Waals surface area contributed by atoms with E-state index in [-0.39, 0.29) is 17.5 Å². The highest BCUT2D eigenvalue weighted by atomic mass is 35.5. The average molecular weight is 523 g/mol. The van der Waals surface area contributed by atoms with Crippen molar-refractivity contribution in [2.24, 2.45) is 0 Å². The number of nitriles is 1. The molecule has 2 aromatic carbocycles. The summed E-state index contributed by atoms with van der Waals surface area (Å²) in [5.41, 5.74) is 9.07. The van der Waals surface area contributed by atoms with Gasteiger partial charge in [0.25, 0.3) is 0 Å². The third kappa shape index (κ3) is 4.70. The number of halogens is 1. The van der Waals surface area contributed by atoms with Crippen molar-refractivity contribution in [1.82, 2.24) is 29.4 Å². The number of hydrogen-bond donors (Lipinski definition) is 2. The molecule has 0 spiro atoms. The third-order valence-corrected chi connectivity index (χ3v) is 7.84. The lowest BCUT2D eigenvalue weighted by atomic mass is 10.1. The molecule has 12 heteroatoms. The van der Waals surface area contributed by atoms with Crippen LogP contribution in [0.1, 0.15) is 24.4 Å². The van der Waals surface area contributed by atoms with Crippen LogP contribution in [0.25, 0.3) is 22.3 Å². The van der Waals surface area contributed by atoms with Crippen LogP contribution in [0.3, 0.4) is 0 Å². The number of fused-ring (bicyclic) bond motifs is 1. The summed E-state index contributed by atoms with van der Waals surface area (Å²) >= 11 is 5.93. The highest BCUT2D eigenvalue weighted by Crippen LogP contribution is 2.33. The van der Waals surface area contributed by atoms with Crippen LogP contribution < -0.4 is 10.5 Å². The van der Waals surface area contributed by atoms with E-state index < -0.39 is 10.0 Å². The predicted octanol–water partition coefficient (Wildman–Crippen LogP) is 3.33. The average Bonchev–Trinajstić information content (AvgIpc) is 3.29. The summed E-state index contributed by atoms with van der Waals surface area (Å²) in [6, 6.07) is 13.5. The van der Waals surface area contributed by atoms with E-state index >= 15 is 0 Å². The molecule has 3 N–H and O–H groups in total. The summed E-state index contributed by atoms with van der Waals surface area (Å²) in [6.07, 6.45) is 5.40. The van der Waals surface area contributed by atoms with E-state index in [4.69, 9.17) is 22.4 Å². The number of likely N-dealkylation sites (tertiary alicyclic amines) is 1. The van der Waals surface area contributed by atoms with Crippen molar-refractivity contribution >= 4 is 38.5 Å². The van der Waals surface area contributed by atoms with Crippen LogP contribution in [-0.2, 0) is 16.6 Å². The van der Waals surface area contributed by atoms with Gasteiger partial charge in [-0.2, -0.15) is 10.4 Å². The van der Waals surface area contributed by atoms with Gasteiger partial charge in [-0.05, 0) is 36.6 Å². The molecule has 1 fully saturated rings. The lowest BCUT2D eigenvalue weighted by molar-refractivity contribution is 0.236. The number of nitrogens with two attached hydrogens (primary N) is 1. The van der Waals surface area contributed by atoms with Crippen molar-refractivity contribution in [2.45, 2.75) is 30.3 Å². The van der Waals surface area contributed by atoms with E-state index in [1.54, 1.807) is 17.0 Å². The topological polar surface area (TPSA) is 143 Å². The summed E-state index contributed by atoms with van der Waals surface area (Å²) in [7, 11) is -3.70. The second-order valence-electron chi connectivity index (χ2n) is 8.57. The number of benzene rings is 2. The Hall–Kier alpha value is -3.72. The van der Waals surface area contributed by atoms with Gasteiger partial charge >= 0.3 is 0 Å². The van der Waals surface area contributed by atoms with Gasteiger partial charge in [-0.15, -0.1) is 0 Å². The number of sulfonamides is 1. The smallest absolute Gasteiger partial charge is 0.240 e. The number of hydrogen-bond acceptors (Lipinski definition) is 8. The van der Waals surface area contributed by atoms with Crippen molar-refractivity contribution in [3.63, 3.8) is 0 Å². The maximum absolute atomic E-state index is 12.6. The number of nitrogens with one attached hydrogen (secondary N) is 1. The van der Waals surface area contributed by atoms with Crippen molar-refractivity contribution in [3.8, 4) is 17.5 Å². The highest BCUT2D eigenvalue weighted by molar-refractivity contribution is 7.89. The maximum atomic E-state index is 12.6. The summed E-state index contributed by atoms with van der Waals surface area (Å²) < 4.78 is 29.6. The van der Waals surface area contributed by atoms with Gasteiger partial charge in [-0.1, -0.05) is 41.9 Å². The van der Waals surface area contributed by atoms with Gasteiger partial charge in [0.1, 0.15) is 17.8 Å². The van der Waals surface area contributed by atoms with Crippen LogP contribution >= 0.6 is 11.6 Å². The molecule has 0 saturated carbocycles. The van der Waals surface area contributed by atoms with E-state index in [2.05, 4.69) is 20.9 Å². The van der Waals surface area contributed by atoms with Gasteiger partial charge in [-0.25, -0.2) is 27.8 Å². The Labute approximate surface area is 213 Å². The normalized spacial score (nSPS) is 16.2. The quantitative estimate of drug-likeness (QED) is 0.367. The zero-order valence-electron chi connectivity index (χ0n) is 19.2. The molecule has 0 amide bonds. The molecule has 5 rings (SSSR count). The molecule has 0 bridgehead atoms. The molecule has 10 nitrogen and oxygen atoms in total. The first-order chi connectivity index (χ1) is 17.4. The molecule has 1 saturated heterocycles. The Balaban J connectivity index is 1.41. The van der Waals surface area contributed by atoms with Crippen LogP contribution in [0.5, 0.6) is 0 Å². The Morgan fingerprint density at radius 2 is 2.00 bits per heavy atom. The number of nitrogens with zero attached hydrogens (tertiary/aromatic N) is 6. The highest BCUT2D eigenvalue weighted by Gasteiger charge is 2.26. The van der Waals surface area contributed by atoms with Crippen molar-refractivity contribution in [3.05, 3.63) is 65.4 Å². The largest absolute Gasteiger partial charge is 0.383 e. The second kappa shape index (κ2) is 9.73. The monoisotopic (exact) mass is 522 g/mol. The fourth-order valence-corrected chi connectivity index (χ4v) is 5.69. The summed E-state index contributed by atoms with van der Waals surface area (Å²) in [5, 5.41) is 15.2. The van der Waals surface area contributed by atoms with Gasteiger partial charge in [0.15, 0.2) is 11.8 Å². The van der Waals surface area contributed by atoms with Gasteiger partial charge < -0.3 is 10.6 Å².